The minimum Gasteiger partial charge on any atom is -0.253 e. The summed E-state index contributed by atoms with van der Waals surface area (Å²) in [7, 11) is 0. The van der Waals surface area contributed by atoms with Crippen LogP contribution in [0, 0.1) is 17.8 Å². The van der Waals surface area contributed by atoms with Gasteiger partial charge in [-0.1, -0.05) is 33.1 Å². The lowest BCUT2D eigenvalue weighted by molar-refractivity contribution is 0.208. The normalized spacial score (nSPS) is 26.9. The van der Waals surface area contributed by atoms with Gasteiger partial charge in [-0.05, 0) is 30.6 Å². The third-order valence-corrected chi connectivity index (χ3v) is 3.96. The number of aromatic nitrogens is 3. The molecule has 0 spiro atoms. The molecule has 3 nitrogen and oxygen atoms in total. The van der Waals surface area contributed by atoms with Crippen LogP contribution < -0.4 is 0 Å². The van der Waals surface area contributed by atoms with E-state index in [1.54, 1.807) is 6.33 Å². The minimum atomic E-state index is 0.796. The van der Waals surface area contributed by atoms with Crippen molar-refractivity contribution in [2.24, 2.45) is 17.8 Å². The van der Waals surface area contributed by atoms with E-state index in [2.05, 4.69) is 23.9 Å². The van der Waals surface area contributed by atoms with Crippen molar-refractivity contribution in [3.63, 3.8) is 0 Å². The predicted octanol–water partition coefficient (Wildman–Crippen LogP) is 3.13. The molecular weight excluding hydrogens is 198 g/mol. The van der Waals surface area contributed by atoms with Crippen molar-refractivity contribution in [3.8, 4) is 0 Å². The monoisotopic (exact) mass is 221 g/mol. The lowest BCUT2D eigenvalue weighted by Gasteiger charge is -2.28. The van der Waals surface area contributed by atoms with Gasteiger partial charge in [0.2, 0.25) is 0 Å². The standard InChI is InChI=1S/C13H23N3/c1-11(2)13-7-5-3-4-6-12(13)8-16-10-14-9-15-16/h9-13H,3-8H2,1-2H3. The highest BCUT2D eigenvalue weighted by Crippen LogP contribution is 2.34. The molecule has 0 saturated heterocycles. The molecule has 90 valence electrons. The van der Waals surface area contributed by atoms with Gasteiger partial charge < -0.3 is 0 Å². The second kappa shape index (κ2) is 5.46. The van der Waals surface area contributed by atoms with Gasteiger partial charge in [0.25, 0.3) is 0 Å². The molecular formula is C13H23N3. The molecule has 1 aliphatic rings. The van der Waals surface area contributed by atoms with Crippen LogP contribution in [0.4, 0.5) is 0 Å². The number of hydrogen-bond acceptors (Lipinski definition) is 2. The molecule has 1 fully saturated rings. The zero-order valence-corrected chi connectivity index (χ0v) is 10.5. The number of nitrogens with zero attached hydrogens (tertiary/aromatic N) is 3. The Morgan fingerprint density at radius 3 is 2.75 bits per heavy atom. The highest BCUT2D eigenvalue weighted by Gasteiger charge is 2.26. The van der Waals surface area contributed by atoms with E-state index in [1.165, 1.54) is 32.1 Å². The lowest BCUT2D eigenvalue weighted by atomic mass is 9.80. The van der Waals surface area contributed by atoms with Gasteiger partial charge in [-0.3, -0.25) is 4.68 Å². The maximum atomic E-state index is 4.24. The topological polar surface area (TPSA) is 30.7 Å². The second-order valence-corrected chi connectivity index (χ2v) is 5.42. The molecule has 0 bridgehead atoms. The van der Waals surface area contributed by atoms with E-state index < -0.39 is 0 Å². The summed E-state index contributed by atoms with van der Waals surface area (Å²) in [6.45, 7) is 5.79. The van der Waals surface area contributed by atoms with Gasteiger partial charge in [0.05, 0.1) is 0 Å². The minimum absolute atomic E-state index is 0.796. The zero-order chi connectivity index (χ0) is 11.4. The highest BCUT2D eigenvalue weighted by molar-refractivity contribution is 4.77. The molecule has 0 N–H and O–H groups in total. The van der Waals surface area contributed by atoms with Crippen LogP contribution in [0.3, 0.4) is 0 Å². The molecule has 3 heteroatoms. The molecule has 0 aliphatic heterocycles. The summed E-state index contributed by atoms with van der Waals surface area (Å²) < 4.78 is 2.01. The predicted molar refractivity (Wildman–Crippen MR) is 64.9 cm³/mol. The van der Waals surface area contributed by atoms with Crippen molar-refractivity contribution >= 4 is 0 Å². The lowest BCUT2D eigenvalue weighted by Crippen LogP contribution is -2.23. The Balaban J connectivity index is 2.02. The van der Waals surface area contributed by atoms with E-state index in [9.17, 15) is 0 Å². The van der Waals surface area contributed by atoms with Crippen LogP contribution in [-0.4, -0.2) is 14.8 Å². The van der Waals surface area contributed by atoms with Crippen LogP contribution in [0.1, 0.15) is 46.0 Å². The van der Waals surface area contributed by atoms with E-state index in [0.717, 1.165) is 24.3 Å². The molecule has 2 unspecified atom stereocenters. The van der Waals surface area contributed by atoms with Gasteiger partial charge in [-0.2, -0.15) is 5.10 Å². The van der Waals surface area contributed by atoms with E-state index in [-0.39, 0.29) is 0 Å². The zero-order valence-electron chi connectivity index (χ0n) is 10.5. The molecule has 1 aromatic rings. The van der Waals surface area contributed by atoms with Crippen LogP contribution in [0.2, 0.25) is 0 Å². The van der Waals surface area contributed by atoms with Gasteiger partial charge >= 0.3 is 0 Å². The van der Waals surface area contributed by atoms with Crippen LogP contribution in [0.25, 0.3) is 0 Å². The molecule has 16 heavy (non-hydrogen) atoms. The van der Waals surface area contributed by atoms with Crippen molar-refractivity contribution in [1.82, 2.24) is 14.8 Å². The van der Waals surface area contributed by atoms with Gasteiger partial charge in [0.15, 0.2) is 0 Å². The quantitative estimate of drug-likeness (QED) is 0.734. The van der Waals surface area contributed by atoms with Crippen molar-refractivity contribution in [2.75, 3.05) is 0 Å². The van der Waals surface area contributed by atoms with E-state index >= 15 is 0 Å². The summed E-state index contributed by atoms with van der Waals surface area (Å²) in [6, 6.07) is 0. The smallest absolute Gasteiger partial charge is 0.137 e. The SMILES string of the molecule is CC(C)C1CCCCCC1Cn1cncn1. The fraction of sp³-hybridized carbons (Fsp3) is 0.846. The van der Waals surface area contributed by atoms with Crippen LogP contribution in [0.5, 0.6) is 0 Å². The van der Waals surface area contributed by atoms with E-state index in [1.807, 2.05) is 11.0 Å². The Hall–Kier alpha value is -0.860. The molecule has 0 radical (unpaired) electrons. The van der Waals surface area contributed by atoms with Crippen LogP contribution in [-0.2, 0) is 6.54 Å². The van der Waals surface area contributed by atoms with Crippen molar-refractivity contribution in [2.45, 2.75) is 52.5 Å². The summed E-state index contributed by atoms with van der Waals surface area (Å²) in [6.07, 6.45) is 10.5. The number of hydrogen-bond donors (Lipinski definition) is 0. The fourth-order valence-corrected chi connectivity index (χ4v) is 3.08. The van der Waals surface area contributed by atoms with Crippen LogP contribution >= 0.6 is 0 Å². The first-order valence-corrected chi connectivity index (χ1v) is 6.60. The molecule has 1 heterocycles. The third kappa shape index (κ3) is 2.83. The highest BCUT2D eigenvalue weighted by atomic mass is 15.3. The summed E-state index contributed by atoms with van der Waals surface area (Å²) in [5, 5.41) is 4.24. The fourth-order valence-electron chi connectivity index (χ4n) is 3.08. The summed E-state index contributed by atoms with van der Waals surface area (Å²) in [5.74, 6) is 2.46. The maximum Gasteiger partial charge on any atom is 0.137 e. The largest absolute Gasteiger partial charge is 0.253 e. The van der Waals surface area contributed by atoms with Crippen molar-refractivity contribution in [1.29, 1.82) is 0 Å². The number of rotatable bonds is 3. The van der Waals surface area contributed by atoms with Crippen LogP contribution in [0.15, 0.2) is 12.7 Å². The second-order valence-electron chi connectivity index (χ2n) is 5.42. The Labute approximate surface area is 98.3 Å². The summed E-state index contributed by atoms with van der Waals surface area (Å²) in [5.41, 5.74) is 0. The average Bonchev–Trinajstić information content (AvgIpc) is 2.63. The van der Waals surface area contributed by atoms with Crippen molar-refractivity contribution in [3.05, 3.63) is 12.7 Å². The Bertz CT molecular complexity index is 292. The Kier molecular flexibility index (Phi) is 3.97. The van der Waals surface area contributed by atoms with Gasteiger partial charge in [0, 0.05) is 6.54 Å². The molecule has 2 rings (SSSR count). The average molecular weight is 221 g/mol. The summed E-state index contributed by atoms with van der Waals surface area (Å²) in [4.78, 5) is 4.03. The molecule has 2 atom stereocenters. The first kappa shape index (κ1) is 11.6. The first-order valence-electron chi connectivity index (χ1n) is 6.60. The van der Waals surface area contributed by atoms with Gasteiger partial charge in [-0.15, -0.1) is 0 Å². The molecule has 1 aliphatic carbocycles. The third-order valence-electron chi connectivity index (χ3n) is 3.96. The Morgan fingerprint density at radius 2 is 2.06 bits per heavy atom. The van der Waals surface area contributed by atoms with Gasteiger partial charge in [0.1, 0.15) is 12.7 Å². The molecule has 0 aromatic carbocycles. The summed E-state index contributed by atoms with van der Waals surface area (Å²) >= 11 is 0. The van der Waals surface area contributed by atoms with E-state index in [4.69, 9.17) is 0 Å². The van der Waals surface area contributed by atoms with Gasteiger partial charge in [-0.25, -0.2) is 4.98 Å². The molecule has 1 aromatic heterocycles. The maximum absolute atomic E-state index is 4.24. The van der Waals surface area contributed by atoms with E-state index in [0.29, 0.717) is 0 Å². The Morgan fingerprint density at radius 1 is 1.25 bits per heavy atom. The first-order chi connectivity index (χ1) is 7.77. The molecule has 1 saturated carbocycles. The molecule has 0 amide bonds. The van der Waals surface area contributed by atoms with Crippen molar-refractivity contribution < 1.29 is 0 Å².